The number of aryl methyl sites for hydroxylation is 2. The number of pyridine rings is 2. The van der Waals surface area contributed by atoms with Crippen LogP contribution in [0.1, 0.15) is 28.5 Å². The first-order valence-electron chi connectivity index (χ1n) is 11.8. The van der Waals surface area contributed by atoms with Gasteiger partial charge in [0, 0.05) is 25.0 Å². The molecule has 5 rings (SSSR count). The van der Waals surface area contributed by atoms with Crippen molar-refractivity contribution in [3.8, 4) is 0 Å². The van der Waals surface area contributed by atoms with E-state index in [0.29, 0.717) is 34.2 Å². The van der Waals surface area contributed by atoms with Gasteiger partial charge in [-0.1, -0.05) is 12.1 Å². The summed E-state index contributed by atoms with van der Waals surface area (Å²) < 4.78 is 18.2. The zero-order valence-electron chi connectivity index (χ0n) is 20.3. The summed E-state index contributed by atoms with van der Waals surface area (Å²) in [6, 6.07) is 9.45. The topological polar surface area (TPSA) is 117 Å². The van der Waals surface area contributed by atoms with Gasteiger partial charge >= 0.3 is 0 Å². The maximum atomic E-state index is 13.5. The highest BCUT2D eigenvalue weighted by atomic mass is 19.1. The van der Waals surface area contributed by atoms with Crippen LogP contribution in [-0.4, -0.2) is 41.3 Å². The number of fused-ring (bicyclic) bond motifs is 2. The molecule has 0 radical (unpaired) electrons. The number of halogens is 1. The molecule has 37 heavy (non-hydrogen) atoms. The standard InChI is InChI=1S/C26H24FN7O3/c1-3-32-14-21(22(35)19-8-7-16(2)31-24(19)32)25(36)28-9-10-34-23-20(12-30-34)26(37)33(15-29-23)13-17-5-4-6-18(27)11-17/h4-8,11-12,14-15H,3,9-10,13H2,1-2H3,(H,28,36). The van der Waals surface area contributed by atoms with Crippen LogP contribution in [0.2, 0.25) is 0 Å². The number of hydrogen-bond acceptors (Lipinski definition) is 6. The average molecular weight is 502 g/mol. The number of amides is 1. The molecule has 0 fully saturated rings. The molecule has 0 saturated heterocycles. The quantitative estimate of drug-likeness (QED) is 0.366. The van der Waals surface area contributed by atoms with Crippen LogP contribution in [0.15, 0.2) is 64.7 Å². The molecule has 0 bridgehead atoms. The molecule has 0 unspecified atom stereocenters. The van der Waals surface area contributed by atoms with Gasteiger partial charge in [-0.15, -0.1) is 0 Å². The highest BCUT2D eigenvalue weighted by molar-refractivity contribution is 5.96. The van der Waals surface area contributed by atoms with Gasteiger partial charge in [-0.3, -0.25) is 19.0 Å². The third-order valence-corrected chi connectivity index (χ3v) is 6.12. The fraction of sp³-hybridized carbons (Fsp3) is 0.231. The van der Waals surface area contributed by atoms with Crippen molar-refractivity contribution in [2.45, 2.75) is 33.5 Å². The smallest absolute Gasteiger partial charge is 0.264 e. The molecule has 1 aromatic carbocycles. The average Bonchev–Trinajstić information content (AvgIpc) is 3.29. The molecular formula is C26H24FN7O3. The van der Waals surface area contributed by atoms with E-state index in [2.05, 4.69) is 20.4 Å². The maximum absolute atomic E-state index is 13.5. The number of rotatable bonds is 7. The largest absolute Gasteiger partial charge is 0.350 e. The van der Waals surface area contributed by atoms with E-state index in [1.807, 2.05) is 13.8 Å². The Hall–Kier alpha value is -4.67. The van der Waals surface area contributed by atoms with Gasteiger partial charge in [-0.05, 0) is 43.7 Å². The lowest BCUT2D eigenvalue weighted by Gasteiger charge is -2.12. The van der Waals surface area contributed by atoms with E-state index in [1.165, 1.54) is 40.1 Å². The van der Waals surface area contributed by atoms with E-state index in [-0.39, 0.29) is 42.0 Å². The maximum Gasteiger partial charge on any atom is 0.264 e. The highest BCUT2D eigenvalue weighted by Gasteiger charge is 2.16. The number of carbonyl (C=O) groups is 1. The molecule has 0 aliphatic heterocycles. The van der Waals surface area contributed by atoms with Crippen LogP contribution in [0.3, 0.4) is 0 Å². The number of carbonyl (C=O) groups excluding carboxylic acids is 1. The molecule has 4 heterocycles. The van der Waals surface area contributed by atoms with E-state index in [9.17, 15) is 18.8 Å². The molecule has 1 amide bonds. The third kappa shape index (κ3) is 4.63. The Kier molecular flexibility index (Phi) is 6.34. The third-order valence-electron chi connectivity index (χ3n) is 6.12. The van der Waals surface area contributed by atoms with Crippen molar-refractivity contribution in [1.29, 1.82) is 0 Å². The number of nitrogens with one attached hydrogen (secondary N) is 1. The number of benzene rings is 1. The summed E-state index contributed by atoms with van der Waals surface area (Å²) in [5.74, 6) is -0.880. The summed E-state index contributed by atoms with van der Waals surface area (Å²) in [5, 5.41) is 7.69. The van der Waals surface area contributed by atoms with Gasteiger partial charge in [0.25, 0.3) is 11.5 Å². The Labute approximate surface area is 210 Å². The summed E-state index contributed by atoms with van der Waals surface area (Å²) in [7, 11) is 0. The summed E-state index contributed by atoms with van der Waals surface area (Å²) in [5.41, 5.74) is 1.69. The molecule has 1 N–H and O–H groups in total. The molecular weight excluding hydrogens is 477 g/mol. The zero-order valence-corrected chi connectivity index (χ0v) is 20.3. The predicted octanol–water partition coefficient (Wildman–Crippen LogP) is 2.25. The first kappa shape index (κ1) is 24.0. The monoisotopic (exact) mass is 501 g/mol. The number of hydrogen-bond donors (Lipinski definition) is 1. The van der Waals surface area contributed by atoms with Crippen molar-refractivity contribution in [2.24, 2.45) is 0 Å². The molecule has 0 saturated carbocycles. The lowest BCUT2D eigenvalue weighted by atomic mass is 10.1. The van der Waals surface area contributed by atoms with Gasteiger partial charge in [0.15, 0.2) is 5.65 Å². The SMILES string of the molecule is CCn1cc(C(=O)NCCn2ncc3c(=O)n(Cc4cccc(F)c4)cnc32)c(=O)c2ccc(C)nc21. The summed E-state index contributed by atoms with van der Waals surface area (Å²) in [6.45, 7) is 4.90. The lowest BCUT2D eigenvalue weighted by Crippen LogP contribution is -2.32. The number of nitrogens with zero attached hydrogens (tertiary/aromatic N) is 6. The minimum atomic E-state index is -0.503. The first-order valence-corrected chi connectivity index (χ1v) is 11.8. The Morgan fingerprint density at radius 1 is 1.08 bits per heavy atom. The van der Waals surface area contributed by atoms with Gasteiger partial charge in [-0.25, -0.2) is 19.0 Å². The van der Waals surface area contributed by atoms with Crippen molar-refractivity contribution >= 4 is 28.0 Å². The van der Waals surface area contributed by atoms with E-state index in [0.717, 1.165) is 5.69 Å². The van der Waals surface area contributed by atoms with Gasteiger partial charge in [0.2, 0.25) is 5.43 Å². The van der Waals surface area contributed by atoms with Crippen LogP contribution in [0.25, 0.3) is 22.1 Å². The van der Waals surface area contributed by atoms with Crippen LogP contribution in [-0.2, 0) is 19.6 Å². The van der Waals surface area contributed by atoms with Crippen LogP contribution in [0.4, 0.5) is 4.39 Å². The minimum Gasteiger partial charge on any atom is -0.350 e. The Bertz CT molecular complexity index is 1770. The summed E-state index contributed by atoms with van der Waals surface area (Å²) in [4.78, 5) is 47.5. The van der Waals surface area contributed by atoms with E-state index < -0.39 is 5.91 Å². The first-order chi connectivity index (χ1) is 17.9. The van der Waals surface area contributed by atoms with Gasteiger partial charge < -0.3 is 9.88 Å². The van der Waals surface area contributed by atoms with Gasteiger partial charge in [0.1, 0.15) is 28.7 Å². The van der Waals surface area contributed by atoms with Crippen LogP contribution < -0.4 is 16.3 Å². The van der Waals surface area contributed by atoms with E-state index >= 15 is 0 Å². The second-order valence-corrected chi connectivity index (χ2v) is 8.65. The van der Waals surface area contributed by atoms with Gasteiger partial charge in [-0.2, -0.15) is 5.10 Å². The molecule has 188 valence electrons. The lowest BCUT2D eigenvalue weighted by molar-refractivity contribution is 0.0950. The van der Waals surface area contributed by atoms with Crippen LogP contribution >= 0.6 is 0 Å². The molecule has 10 nitrogen and oxygen atoms in total. The Morgan fingerprint density at radius 3 is 2.70 bits per heavy atom. The Morgan fingerprint density at radius 2 is 1.92 bits per heavy atom. The second-order valence-electron chi connectivity index (χ2n) is 8.65. The molecule has 0 aliphatic carbocycles. The normalized spacial score (nSPS) is 11.3. The summed E-state index contributed by atoms with van der Waals surface area (Å²) in [6.07, 6.45) is 4.34. The minimum absolute atomic E-state index is 0.0312. The van der Waals surface area contributed by atoms with Gasteiger partial charge in [0.05, 0.1) is 24.7 Å². The van der Waals surface area contributed by atoms with Crippen LogP contribution in [0, 0.1) is 12.7 Å². The highest BCUT2D eigenvalue weighted by Crippen LogP contribution is 2.12. The zero-order chi connectivity index (χ0) is 26.1. The van der Waals surface area contributed by atoms with Crippen molar-refractivity contribution in [3.63, 3.8) is 0 Å². The molecule has 0 atom stereocenters. The fourth-order valence-electron chi connectivity index (χ4n) is 4.24. The molecule has 0 spiro atoms. The van der Waals surface area contributed by atoms with Crippen molar-refractivity contribution in [3.05, 3.63) is 98.3 Å². The fourth-order valence-corrected chi connectivity index (χ4v) is 4.24. The van der Waals surface area contributed by atoms with Crippen LogP contribution in [0.5, 0.6) is 0 Å². The molecule has 4 aromatic heterocycles. The second kappa shape index (κ2) is 9.76. The predicted molar refractivity (Wildman–Crippen MR) is 136 cm³/mol. The van der Waals surface area contributed by atoms with Crippen molar-refractivity contribution < 1.29 is 9.18 Å². The summed E-state index contributed by atoms with van der Waals surface area (Å²) >= 11 is 0. The van der Waals surface area contributed by atoms with Crippen molar-refractivity contribution in [2.75, 3.05) is 6.54 Å². The Balaban J connectivity index is 1.32. The molecule has 11 heteroatoms. The molecule has 5 aromatic rings. The van der Waals surface area contributed by atoms with E-state index in [1.54, 1.807) is 28.8 Å². The van der Waals surface area contributed by atoms with Crippen molar-refractivity contribution in [1.82, 2.24) is 34.2 Å². The number of aromatic nitrogens is 6. The van der Waals surface area contributed by atoms with E-state index in [4.69, 9.17) is 0 Å². The molecule has 0 aliphatic rings.